The number of aromatic nitrogens is 2. The molecule has 6 rings (SSSR count). The summed E-state index contributed by atoms with van der Waals surface area (Å²) in [6.07, 6.45) is 2.82. The van der Waals surface area contributed by atoms with Crippen LogP contribution in [0.2, 0.25) is 5.15 Å². The Hall–Kier alpha value is -3.80. The van der Waals surface area contributed by atoms with Crippen molar-refractivity contribution in [3.63, 3.8) is 0 Å². The van der Waals surface area contributed by atoms with Crippen molar-refractivity contribution in [3.8, 4) is 17.7 Å². The van der Waals surface area contributed by atoms with Crippen LogP contribution in [0.4, 0.5) is 5.69 Å². The Morgan fingerprint density at radius 3 is 2.49 bits per heavy atom. The number of carbonyl (C=O) groups is 1. The quantitative estimate of drug-likeness (QED) is 0.360. The normalized spacial score (nSPS) is 21.4. The van der Waals surface area contributed by atoms with Gasteiger partial charge in [-0.3, -0.25) is 14.6 Å². The summed E-state index contributed by atoms with van der Waals surface area (Å²) < 4.78 is 40.6. The Morgan fingerprint density at radius 1 is 1.09 bits per heavy atom. The number of hydrogen-bond donors (Lipinski definition) is 1. The second kappa shape index (κ2) is 12.5. The van der Waals surface area contributed by atoms with Crippen molar-refractivity contribution < 1.29 is 22.7 Å². The Kier molecular flexibility index (Phi) is 8.69. The number of hydrogen-bond acceptors (Lipinski definition) is 11. The Morgan fingerprint density at radius 2 is 1.84 bits per heavy atom. The van der Waals surface area contributed by atoms with Gasteiger partial charge in [0, 0.05) is 56.4 Å². The van der Waals surface area contributed by atoms with Gasteiger partial charge in [0.2, 0.25) is 5.88 Å². The number of benzene rings is 1. The van der Waals surface area contributed by atoms with Crippen LogP contribution in [0.1, 0.15) is 36.5 Å². The van der Waals surface area contributed by atoms with E-state index in [1.54, 1.807) is 25.1 Å². The van der Waals surface area contributed by atoms with Crippen LogP contribution in [0, 0.1) is 11.3 Å². The fourth-order valence-electron chi connectivity index (χ4n) is 6.71. The van der Waals surface area contributed by atoms with E-state index < -0.39 is 21.5 Å². The molecule has 236 valence electrons. The van der Waals surface area contributed by atoms with E-state index in [1.807, 2.05) is 4.90 Å². The second-order valence-electron chi connectivity index (χ2n) is 11.1. The molecule has 12 nitrogen and oxygen atoms in total. The predicted octanol–water partition coefficient (Wildman–Crippen LogP) is 2.76. The van der Waals surface area contributed by atoms with Gasteiger partial charge in [-0.05, 0) is 62.2 Å². The first-order valence-corrected chi connectivity index (χ1v) is 16.7. The van der Waals surface area contributed by atoms with Crippen molar-refractivity contribution in [3.05, 3.63) is 70.5 Å². The molecule has 2 fully saturated rings. The number of piperidine rings is 1. The third kappa shape index (κ3) is 5.30. The standard InChI is InChI=1S/C31H34ClN7O5S/c1-3-44-29-24(6-8-27(32)36-29)31(38-14-10-22(11-15-38)37-16-12-34-13-17-37)25-18-21(19-33)4-7-26(25)39(30(31)40)45(41,42)28-9-5-23(43-2)20-35-28/h4-9,18,20,22,34H,3,10-17H2,1-2H3. The van der Waals surface area contributed by atoms with Gasteiger partial charge in [0.05, 0.1) is 37.2 Å². The maximum Gasteiger partial charge on any atom is 0.288 e. The number of methoxy groups -OCH3 is 1. The molecule has 45 heavy (non-hydrogen) atoms. The molecule has 2 saturated heterocycles. The number of likely N-dealkylation sites (tertiary alicyclic amines) is 1. The highest BCUT2D eigenvalue weighted by Gasteiger charge is 2.61. The summed E-state index contributed by atoms with van der Waals surface area (Å²) in [5.41, 5.74) is -0.551. The number of ether oxygens (including phenoxy) is 2. The molecule has 3 aliphatic rings. The van der Waals surface area contributed by atoms with Gasteiger partial charge < -0.3 is 14.8 Å². The molecule has 1 unspecified atom stereocenters. The number of amides is 1. The Balaban J connectivity index is 1.55. The molecule has 1 amide bonds. The lowest BCUT2D eigenvalue weighted by atomic mass is 9.80. The van der Waals surface area contributed by atoms with E-state index in [2.05, 4.69) is 26.3 Å². The van der Waals surface area contributed by atoms with E-state index in [4.69, 9.17) is 21.1 Å². The van der Waals surface area contributed by atoms with Crippen LogP contribution in [0.15, 0.2) is 53.7 Å². The van der Waals surface area contributed by atoms with Crippen molar-refractivity contribution in [1.29, 1.82) is 5.26 Å². The fraction of sp³-hybridized carbons (Fsp3) is 0.419. The highest BCUT2D eigenvalue weighted by atomic mass is 35.5. The smallest absolute Gasteiger partial charge is 0.288 e. The Labute approximate surface area is 267 Å². The zero-order valence-electron chi connectivity index (χ0n) is 25.1. The minimum atomic E-state index is -4.52. The molecule has 0 saturated carbocycles. The summed E-state index contributed by atoms with van der Waals surface area (Å²) in [6.45, 7) is 6.74. The van der Waals surface area contributed by atoms with Crippen molar-refractivity contribution in [1.82, 2.24) is 25.1 Å². The summed E-state index contributed by atoms with van der Waals surface area (Å²) >= 11 is 6.32. The monoisotopic (exact) mass is 651 g/mol. The molecule has 3 aromatic rings. The largest absolute Gasteiger partial charge is 0.495 e. The van der Waals surface area contributed by atoms with E-state index in [1.165, 1.54) is 37.6 Å². The molecule has 1 aromatic carbocycles. The average Bonchev–Trinajstić information content (AvgIpc) is 3.33. The minimum Gasteiger partial charge on any atom is -0.495 e. The number of halogens is 1. The zero-order valence-corrected chi connectivity index (χ0v) is 26.6. The SMILES string of the molecule is CCOc1nc(Cl)ccc1C1(N2CCC(N3CCNCC3)CC2)C(=O)N(S(=O)(=O)c2ccc(OC)cn2)c2ccc(C#N)cc21. The van der Waals surface area contributed by atoms with Crippen molar-refractivity contribution in [2.24, 2.45) is 0 Å². The lowest BCUT2D eigenvalue weighted by molar-refractivity contribution is -0.127. The third-order valence-electron chi connectivity index (χ3n) is 8.78. The van der Waals surface area contributed by atoms with Crippen LogP contribution in [0.25, 0.3) is 0 Å². The predicted molar refractivity (Wildman–Crippen MR) is 167 cm³/mol. The van der Waals surface area contributed by atoms with Gasteiger partial charge in [-0.2, -0.15) is 18.0 Å². The second-order valence-corrected chi connectivity index (χ2v) is 13.2. The van der Waals surface area contributed by atoms with Crippen LogP contribution in [-0.2, 0) is 20.4 Å². The van der Waals surface area contributed by atoms with E-state index in [0.717, 1.165) is 43.3 Å². The number of fused-ring (bicyclic) bond motifs is 1. The molecule has 3 aliphatic heterocycles. The molecule has 2 aromatic heterocycles. The molecule has 0 aliphatic carbocycles. The van der Waals surface area contributed by atoms with Crippen LogP contribution in [-0.4, -0.2) is 93.1 Å². The number of pyridine rings is 2. The number of sulfonamides is 1. The lowest BCUT2D eigenvalue weighted by Gasteiger charge is -2.46. The van der Waals surface area contributed by atoms with E-state index in [9.17, 15) is 13.7 Å². The van der Waals surface area contributed by atoms with Crippen molar-refractivity contribution >= 4 is 33.2 Å². The number of rotatable bonds is 8. The molecular weight excluding hydrogens is 618 g/mol. The molecule has 1 N–H and O–H groups in total. The van der Waals surface area contributed by atoms with Gasteiger partial charge >= 0.3 is 0 Å². The van der Waals surface area contributed by atoms with Gasteiger partial charge in [0.25, 0.3) is 15.9 Å². The van der Waals surface area contributed by atoms with Gasteiger partial charge in [-0.1, -0.05) is 11.6 Å². The molecule has 0 spiro atoms. The summed E-state index contributed by atoms with van der Waals surface area (Å²) in [4.78, 5) is 28.2. The van der Waals surface area contributed by atoms with Gasteiger partial charge in [0.15, 0.2) is 10.6 Å². The maximum atomic E-state index is 15.2. The number of nitrogens with zero attached hydrogens (tertiary/aromatic N) is 6. The summed E-state index contributed by atoms with van der Waals surface area (Å²) in [5, 5.41) is 13.2. The number of piperazine rings is 1. The average molecular weight is 652 g/mol. The molecule has 1 atom stereocenters. The fourth-order valence-corrected chi connectivity index (χ4v) is 8.23. The topological polar surface area (TPSA) is 141 Å². The Bertz CT molecular complexity index is 1740. The van der Waals surface area contributed by atoms with Crippen LogP contribution < -0.4 is 19.1 Å². The minimum absolute atomic E-state index is 0.123. The first-order valence-electron chi connectivity index (χ1n) is 14.9. The number of anilines is 1. The third-order valence-corrected chi connectivity index (χ3v) is 10.6. The van der Waals surface area contributed by atoms with Crippen molar-refractivity contribution in [2.75, 3.05) is 57.3 Å². The maximum absolute atomic E-state index is 15.2. The number of nitriles is 1. The van der Waals surface area contributed by atoms with E-state index in [-0.39, 0.29) is 33.9 Å². The summed E-state index contributed by atoms with van der Waals surface area (Å²) in [7, 11) is -3.07. The zero-order chi connectivity index (χ0) is 31.8. The molecule has 0 radical (unpaired) electrons. The molecular formula is C31H34ClN7O5S. The van der Waals surface area contributed by atoms with Crippen LogP contribution in [0.3, 0.4) is 0 Å². The van der Waals surface area contributed by atoms with Crippen molar-refractivity contribution in [2.45, 2.75) is 36.4 Å². The number of carbonyl (C=O) groups excluding carboxylic acids is 1. The van der Waals surface area contributed by atoms with E-state index >= 15 is 4.79 Å². The van der Waals surface area contributed by atoms with E-state index in [0.29, 0.717) is 36.0 Å². The molecule has 5 heterocycles. The van der Waals surface area contributed by atoms with Crippen LogP contribution >= 0.6 is 11.6 Å². The lowest BCUT2D eigenvalue weighted by Crippen LogP contribution is -2.59. The van der Waals surface area contributed by atoms with Gasteiger partial charge in [-0.15, -0.1) is 0 Å². The first-order chi connectivity index (χ1) is 21.7. The van der Waals surface area contributed by atoms with Gasteiger partial charge in [-0.25, -0.2) is 9.97 Å². The summed E-state index contributed by atoms with van der Waals surface area (Å²) in [5.74, 6) is -0.232. The van der Waals surface area contributed by atoms with Crippen LogP contribution in [0.5, 0.6) is 11.6 Å². The van der Waals surface area contributed by atoms with Gasteiger partial charge in [0.1, 0.15) is 10.9 Å². The number of nitrogens with one attached hydrogen (secondary N) is 1. The highest BCUT2D eigenvalue weighted by Crippen LogP contribution is 2.53. The molecule has 14 heteroatoms. The first kappa shape index (κ1) is 31.2. The summed E-state index contributed by atoms with van der Waals surface area (Å²) in [6, 6.07) is 13.1. The highest BCUT2D eigenvalue weighted by molar-refractivity contribution is 7.93. The molecule has 0 bridgehead atoms.